The van der Waals surface area contributed by atoms with Gasteiger partial charge in [-0.05, 0) is 62.2 Å². The Labute approximate surface area is 181 Å². The molecule has 8 heteroatoms. The highest BCUT2D eigenvalue weighted by Crippen LogP contribution is 2.34. The molecule has 1 aromatic carbocycles. The minimum absolute atomic E-state index is 0.249. The molecule has 2 rings (SSSR count). The van der Waals surface area contributed by atoms with Crippen LogP contribution in [0.2, 0.25) is 0 Å². The maximum absolute atomic E-state index is 12.6. The molecule has 1 heterocycles. The summed E-state index contributed by atoms with van der Waals surface area (Å²) in [6.07, 6.45) is 3.99. The molecule has 2 amide bonds. The maximum atomic E-state index is 12.6. The summed E-state index contributed by atoms with van der Waals surface area (Å²) in [5, 5.41) is -0.489. The second-order valence-corrected chi connectivity index (χ2v) is 7.81. The molecule has 7 nitrogen and oxygen atoms in total. The van der Waals surface area contributed by atoms with Crippen molar-refractivity contribution in [3.63, 3.8) is 0 Å². The third kappa shape index (κ3) is 6.52. The van der Waals surface area contributed by atoms with Crippen LogP contribution in [-0.2, 0) is 14.3 Å². The number of carbonyl (C=O) groups is 3. The number of nitrogens with zero attached hydrogens (tertiary/aromatic N) is 1. The zero-order valence-electron chi connectivity index (χ0n) is 17.9. The van der Waals surface area contributed by atoms with Gasteiger partial charge in [0.2, 0.25) is 0 Å². The predicted molar refractivity (Wildman–Crippen MR) is 117 cm³/mol. The molecule has 0 aromatic heterocycles. The molecular weight excluding hydrogens is 406 g/mol. The van der Waals surface area contributed by atoms with Crippen molar-refractivity contribution in [1.29, 1.82) is 0 Å². The fourth-order valence-corrected chi connectivity index (χ4v) is 3.43. The molecule has 1 aliphatic rings. The van der Waals surface area contributed by atoms with E-state index in [4.69, 9.17) is 14.2 Å². The summed E-state index contributed by atoms with van der Waals surface area (Å²) in [6, 6.07) is 5.37. The molecule has 1 aliphatic heterocycles. The van der Waals surface area contributed by atoms with Crippen LogP contribution in [0.1, 0.15) is 52.5 Å². The van der Waals surface area contributed by atoms with Crippen LogP contribution in [-0.4, -0.2) is 47.9 Å². The Morgan fingerprint density at radius 1 is 1.17 bits per heavy atom. The first-order chi connectivity index (χ1) is 14.4. The van der Waals surface area contributed by atoms with Gasteiger partial charge in [-0.25, -0.2) is 0 Å². The topological polar surface area (TPSA) is 82.1 Å². The average molecular weight is 436 g/mol. The highest BCUT2D eigenvalue weighted by Gasteiger charge is 2.36. The van der Waals surface area contributed by atoms with Gasteiger partial charge in [0, 0.05) is 0 Å². The van der Waals surface area contributed by atoms with Crippen molar-refractivity contribution in [2.45, 2.75) is 53.1 Å². The average Bonchev–Trinajstić information content (AvgIpc) is 2.97. The number of imide groups is 1. The van der Waals surface area contributed by atoms with Crippen LogP contribution in [0, 0.1) is 0 Å². The lowest BCUT2D eigenvalue weighted by Crippen LogP contribution is -2.35. The van der Waals surface area contributed by atoms with Crippen molar-refractivity contribution in [2.24, 2.45) is 0 Å². The Bertz CT molecular complexity index is 807. The van der Waals surface area contributed by atoms with Gasteiger partial charge in [0.25, 0.3) is 11.1 Å². The number of hydrogen-bond donors (Lipinski definition) is 0. The lowest BCUT2D eigenvalue weighted by atomic mass is 10.2. The molecule has 1 saturated heterocycles. The van der Waals surface area contributed by atoms with Crippen LogP contribution in [0.15, 0.2) is 23.1 Å². The molecule has 0 unspecified atom stereocenters. The van der Waals surface area contributed by atoms with Crippen molar-refractivity contribution >= 4 is 35.0 Å². The van der Waals surface area contributed by atoms with Gasteiger partial charge in [0.05, 0.1) is 24.2 Å². The van der Waals surface area contributed by atoms with E-state index in [-0.39, 0.29) is 17.6 Å². The van der Waals surface area contributed by atoms with Gasteiger partial charge in [-0.3, -0.25) is 19.3 Å². The van der Waals surface area contributed by atoms with Crippen molar-refractivity contribution < 1.29 is 28.6 Å². The first-order valence-corrected chi connectivity index (χ1v) is 11.1. The summed E-state index contributed by atoms with van der Waals surface area (Å²) >= 11 is 0.802. The van der Waals surface area contributed by atoms with Crippen LogP contribution in [0.25, 0.3) is 6.08 Å². The standard InChI is InChI=1S/C22H29NO6S/c1-5-8-11-28-17-10-9-16(12-18(17)27-7-3)13-19-21(25)23(22(26)30-19)14-20(24)29-15(4)6-2/h9-10,12-13,15H,5-8,11,14H2,1-4H3/b19-13-/t15-/m1/s1. The number of esters is 1. The normalized spacial score (nSPS) is 16.1. The number of thioether (sulfide) groups is 1. The minimum Gasteiger partial charge on any atom is -0.490 e. The fourth-order valence-electron chi connectivity index (χ4n) is 2.59. The quantitative estimate of drug-likeness (QED) is 0.284. The van der Waals surface area contributed by atoms with E-state index in [9.17, 15) is 14.4 Å². The van der Waals surface area contributed by atoms with Crippen molar-refractivity contribution in [2.75, 3.05) is 19.8 Å². The first kappa shape index (κ1) is 23.8. The third-order valence-corrected chi connectivity index (χ3v) is 5.30. The third-order valence-electron chi connectivity index (χ3n) is 4.39. The van der Waals surface area contributed by atoms with Crippen LogP contribution in [0.3, 0.4) is 0 Å². The Morgan fingerprint density at radius 3 is 2.60 bits per heavy atom. The summed E-state index contributed by atoms with van der Waals surface area (Å²) < 4.78 is 16.6. The molecule has 1 aromatic rings. The van der Waals surface area contributed by atoms with E-state index in [1.165, 1.54) is 0 Å². The van der Waals surface area contributed by atoms with Crippen molar-refractivity contribution in [3.8, 4) is 11.5 Å². The molecular formula is C22H29NO6S. The predicted octanol–water partition coefficient (Wildman–Crippen LogP) is 4.64. The van der Waals surface area contributed by atoms with Crippen LogP contribution >= 0.6 is 11.8 Å². The van der Waals surface area contributed by atoms with E-state index in [0.29, 0.717) is 36.7 Å². The molecule has 0 spiro atoms. The molecule has 0 saturated carbocycles. The van der Waals surface area contributed by atoms with Crippen LogP contribution in [0.4, 0.5) is 4.79 Å². The Morgan fingerprint density at radius 2 is 1.93 bits per heavy atom. The van der Waals surface area contributed by atoms with Crippen molar-refractivity contribution in [3.05, 3.63) is 28.7 Å². The Hall–Kier alpha value is -2.48. The van der Waals surface area contributed by atoms with Crippen LogP contribution in [0.5, 0.6) is 11.5 Å². The monoisotopic (exact) mass is 435 g/mol. The van der Waals surface area contributed by atoms with E-state index < -0.39 is 17.1 Å². The first-order valence-electron chi connectivity index (χ1n) is 10.2. The molecule has 0 radical (unpaired) electrons. The van der Waals surface area contributed by atoms with E-state index in [1.54, 1.807) is 31.2 Å². The van der Waals surface area contributed by atoms with E-state index in [1.807, 2.05) is 13.8 Å². The van der Waals surface area contributed by atoms with Gasteiger partial charge >= 0.3 is 5.97 Å². The number of rotatable bonds is 11. The smallest absolute Gasteiger partial charge is 0.326 e. The zero-order valence-corrected chi connectivity index (χ0v) is 18.8. The van der Waals surface area contributed by atoms with Gasteiger partial charge < -0.3 is 14.2 Å². The van der Waals surface area contributed by atoms with Gasteiger partial charge in [-0.1, -0.05) is 26.3 Å². The van der Waals surface area contributed by atoms with Gasteiger partial charge in [0.1, 0.15) is 6.54 Å². The lowest BCUT2D eigenvalue weighted by Gasteiger charge is -2.15. The summed E-state index contributed by atoms with van der Waals surface area (Å²) in [5.41, 5.74) is 0.703. The Kier molecular flexibility index (Phi) is 9.23. The number of benzene rings is 1. The highest BCUT2D eigenvalue weighted by molar-refractivity contribution is 8.18. The van der Waals surface area contributed by atoms with Gasteiger partial charge in [-0.15, -0.1) is 0 Å². The number of hydrogen-bond acceptors (Lipinski definition) is 7. The molecule has 30 heavy (non-hydrogen) atoms. The second kappa shape index (κ2) is 11.6. The van der Waals surface area contributed by atoms with Gasteiger partial charge in [0.15, 0.2) is 11.5 Å². The van der Waals surface area contributed by atoms with Crippen LogP contribution < -0.4 is 9.47 Å². The molecule has 164 valence electrons. The molecule has 0 aliphatic carbocycles. The SMILES string of the molecule is CCCCOc1ccc(/C=C2\SC(=O)N(CC(=O)O[C@H](C)CC)C2=O)cc1OCC. The van der Waals surface area contributed by atoms with E-state index >= 15 is 0 Å². The summed E-state index contributed by atoms with van der Waals surface area (Å²) in [6.45, 7) is 8.30. The lowest BCUT2D eigenvalue weighted by molar-refractivity contribution is -0.150. The number of carbonyl (C=O) groups excluding carboxylic acids is 3. The Balaban J connectivity index is 2.14. The van der Waals surface area contributed by atoms with Gasteiger partial charge in [-0.2, -0.15) is 0 Å². The summed E-state index contributed by atoms with van der Waals surface area (Å²) in [7, 11) is 0. The molecule has 1 atom stereocenters. The fraction of sp³-hybridized carbons (Fsp3) is 0.500. The maximum Gasteiger partial charge on any atom is 0.326 e. The van der Waals surface area contributed by atoms with Crippen molar-refractivity contribution in [1.82, 2.24) is 4.90 Å². The number of ether oxygens (including phenoxy) is 3. The molecule has 0 bridgehead atoms. The largest absolute Gasteiger partial charge is 0.490 e. The van der Waals surface area contributed by atoms with E-state index in [0.717, 1.165) is 29.5 Å². The number of unbranched alkanes of at least 4 members (excludes halogenated alkanes) is 1. The zero-order chi connectivity index (χ0) is 22.1. The molecule has 0 N–H and O–H groups in total. The highest BCUT2D eigenvalue weighted by atomic mass is 32.2. The minimum atomic E-state index is -0.597. The van der Waals surface area contributed by atoms with E-state index in [2.05, 4.69) is 6.92 Å². The molecule has 1 fully saturated rings. The summed E-state index contributed by atoms with van der Waals surface area (Å²) in [4.78, 5) is 38.0. The number of amides is 2. The summed E-state index contributed by atoms with van der Waals surface area (Å²) in [5.74, 6) is 0.120. The second-order valence-electron chi connectivity index (χ2n) is 6.82.